The molecule has 0 aromatic heterocycles. The Hall–Kier alpha value is 0.951. The number of rotatable bonds is 0. The van der Waals surface area contributed by atoms with Gasteiger partial charge in [0, 0.05) is 0 Å². The summed E-state index contributed by atoms with van der Waals surface area (Å²) in [6, 6.07) is 0. The second kappa shape index (κ2) is 9.04. The summed E-state index contributed by atoms with van der Waals surface area (Å²) in [6.45, 7) is 0. The second-order valence-electron chi connectivity index (χ2n) is 0.0833. The van der Waals surface area contributed by atoms with E-state index >= 15 is 0 Å². The molecule has 0 bridgehead atoms. The molecule has 0 aliphatic rings. The minimum absolute atomic E-state index is 0. The first-order valence-corrected chi connectivity index (χ1v) is 0.408. The summed E-state index contributed by atoms with van der Waals surface area (Å²) in [4.78, 5) is 16.2. The number of hydrogen-bond donors (Lipinski definition) is 0. The van der Waals surface area contributed by atoms with Crippen molar-refractivity contribution in [2.24, 2.45) is 0 Å². The van der Waals surface area contributed by atoms with Crippen LogP contribution in [0.3, 0.4) is 0 Å². The third-order valence-corrected chi connectivity index (χ3v) is 0. The SMILES string of the molecule is O=C=O.[Ba+2].[H-].[H-]. The zero-order valence-electron chi connectivity index (χ0n) is 4.02. The van der Waals surface area contributed by atoms with Gasteiger partial charge in [-0.1, -0.05) is 0 Å². The van der Waals surface area contributed by atoms with Crippen LogP contribution in [0.25, 0.3) is 0 Å². The van der Waals surface area contributed by atoms with Crippen molar-refractivity contribution < 1.29 is 12.4 Å². The predicted molar refractivity (Wildman–Crippen MR) is 13.0 cm³/mol. The summed E-state index contributed by atoms with van der Waals surface area (Å²) in [5.74, 6) is 0. The Balaban J connectivity index is -0.00000000667. The summed E-state index contributed by atoms with van der Waals surface area (Å²) >= 11 is 0. The molecule has 3 heteroatoms. The fourth-order valence-electron chi connectivity index (χ4n) is 0. The molecule has 0 heterocycles. The topological polar surface area (TPSA) is 34.1 Å². The molecule has 0 atom stereocenters. The Bertz CT molecular complexity index is 32.5. The maximum absolute atomic E-state index is 8.12. The Morgan fingerprint density at radius 2 is 1.50 bits per heavy atom. The molecule has 0 unspecified atom stereocenters. The quantitative estimate of drug-likeness (QED) is 0.464. The standard InChI is InChI=1S/CO2.Ba.2H/c2-1-3;;;/q;+2;2*-1. The van der Waals surface area contributed by atoms with Crippen LogP contribution in [-0.2, 0) is 9.59 Å². The number of hydrogen-bond acceptors (Lipinski definition) is 2. The van der Waals surface area contributed by atoms with Crippen LogP contribution < -0.4 is 0 Å². The van der Waals surface area contributed by atoms with Crippen LogP contribution in [0.1, 0.15) is 2.85 Å². The van der Waals surface area contributed by atoms with Crippen LogP contribution in [-0.4, -0.2) is 55.0 Å². The molecular formula is CH2BaO2. The van der Waals surface area contributed by atoms with Gasteiger partial charge in [-0.2, -0.15) is 9.59 Å². The zero-order chi connectivity index (χ0) is 2.71. The van der Waals surface area contributed by atoms with E-state index in [-0.39, 0.29) is 57.9 Å². The summed E-state index contributed by atoms with van der Waals surface area (Å²) in [5, 5.41) is 0. The smallest absolute Gasteiger partial charge is 1.00 e. The van der Waals surface area contributed by atoms with E-state index in [1.54, 1.807) is 0 Å². The summed E-state index contributed by atoms with van der Waals surface area (Å²) in [7, 11) is 0. The molecule has 4 heavy (non-hydrogen) atoms. The van der Waals surface area contributed by atoms with Crippen molar-refractivity contribution in [3.05, 3.63) is 0 Å². The zero-order valence-corrected chi connectivity index (χ0v) is 6.46. The van der Waals surface area contributed by atoms with E-state index in [2.05, 4.69) is 0 Å². The molecule has 0 aromatic rings. The van der Waals surface area contributed by atoms with Crippen molar-refractivity contribution in [1.29, 1.82) is 0 Å². The van der Waals surface area contributed by atoms with E-state index in [1.807, 2.05) is 0 Å². The Morgan fingerprint density at radius 3 is 1.50 bits per heavy atom. The van der Waals surface area contributed by atoms with Crippen molar-refractivity contribution in [3.63, 3.8) is 0 Å². The van der Waals surface area contributed by atoms with Crippen molar-refractivity contribution in [1.82, 2.24) is 0 Å². The molecule has 0 aliphatic carbocycles. The summed E-state index contributed by atoms with van der Waals surface area (Å²) in [6.07, 6.45) is 0.250. The van der Waals surface area contributed by atoms with Crippen LogP contribution >= 0.6 is 0 Å². The Labute approximate surface area is 66.6 Å². The maximum atomic E-state index is 8.12. The monoisotopic (exact) mass is 184 g/mol. The third kappa shape index (κ3) is 12.4. The number of carbonyl (C=O) groups excluding carboxylic acids is 2. The average Bonchev–Trinajstić information content (AvgIpc) is 0.918. The van der Waals surface area contributed by atoms with Crippen molar-refractivity contribution in [3.8, 4) is 0 Å². The first-order valence-electron chi connectivity index (χ1n) is 0.408. The van der Waals surface area contributed by atoms with Gasteiger partial charge in [-0.15, -0.1) is 0 Å². The molecule has 0 aromatic carbocycles. The van der Waals surface area contributed by atoms with Gasteiger partial charge in [0.05, 0.1) is 0 Å². The Morgan fingerprint density at radius 1 is 1.50 bits per heavy atom. The van der Waals surface area contributed by atoms with Gasteiger partial charge in [0.25, 0.3) is 0 Å². The van der Waals surface area contributed by atoms with E-state index in [4.69, 9.17) is 9.59 Å². The van der Waals surface area contributed by atoms with E-state index in [0.29, 0.717) is 0 Å². The first kappa shape index (κ1) is 8.88. The molecule has 0 fully saturated rings. The van der Waals surface area contributed by atoms with E-state index in [0.717, 1.165) is 0 Å². The van der Waals surface area contributed by atoms with Gasteiger partial charge in [0.1, 0.15) is 0 Å². The van der Waals surface area contributed by atoms with Crippen LogP contribution in [0, 0.1) is 0 Å². The van der Waals surface area contributed by atoms with Crippen molar-refractivity contribution >= 4 is 55.0 Å². The van der Waals surface area contributed by atoms with Crippen molar-refractivity contribution in [2.45, 2.75) is 0 Å². The first-order chi connectivity index (χ1) is 1.41. The van der Waals surface area contributed by atoms with Crippen LogP contribution in [0.2, 0.25) is 0 Å². The molecule has 0 saturated carbocycles. The summed E-state index contributed by atoms with van der Waals surface area (Å²) < 4.78 is 0. The van der Waals surface area contributed by atoms with Crippen LogP contribution in [0.15, 0.2) is 0 Å². The normalized spacial score (nSPS) is 2.00. The minimum Gasteiger partial charge on any atom is -1.00 e. The molecule has 0 spiro atoms. The molecular weight excluding hydrogens is 181 g/mol. The van der Waals surface area contributed by atoms with Gasteiger partial charge >= 0.3 is 55.0 Å². The van der Waals surface area contributed by atoms with E-state index < -0.39 is 0 Å². The largest absolute Gasteiger partial charge is 2.00 e. The molecule has 0 amide bonds. The average molecular weight is 183 g/mol. The van der Waals surface area contributed by atoms with Gasteiger partial charge < -0.3 is 2.85 Å². The van der Waals surface area contributed by atoms with E-state index in [1.165, 1.54) is 0 Å². The molecule has 0 radical (unpaired) electrons. The van der Waals surface area contributed by atoms with E-state index in [9.17, 15) is 0 Å². The van der Waals surface area contributed by atoms with Gasteiger partial charge in [-0.25, -0.2) is 0 Å². The minimum atomic E-state index is 0. The Kier molecular flexibility index (Phi) is 20.1. The van der Waals surface area contributed by atoms with Crippen LogP contribution in [0.4, 0.5) is 0 Å². The van der Waals surface area contributed by atoms with Gasteiger partial charge in [0.2, 0.25) is 0 Å². The fraction of sp³-hybridized carbons (Fsp3) is 0. The molecule has 2 nitrogen and oxygen atoms in total. The second-order valence-corrected chi connectivity index (χ2v) is 0.0833. The third-order valence-electron chi connectivity index (χ3n) is 0. The van der Waals surface area contributed by atoms with Gasteiger partial charge in [0.15, 0.2) is 0 Å². The van der Waals surface area contributed by atoms with Gasteiger partial charge in [-0.3, -0.25) is 0 Å². The molecule has 20 valence electrons. The summed E-state index contributed by atoms with van der Waals surface area (Å²) in [5.41, 5.74) is 0. The molecule has 0 aliphatic heterocycles. The van der Waals surface area contributed by atoms with Crippen LogP contribution in [0.5, 0.6) is 0 Å². The van der Waals surface area contributed by atoms with Crippen molar-refractivity contribution in [2.75, 3.05) is 0 Å². The molecule has 0 rings (SSSR count). The molecule has 0 saturated heterocycles. The predicted octanol–water partition coefficient (Wildman–Crippen LogP) is -0.739. The van der Waals surface area contributed by atoms with Gasteiger partial charge in [-0.05, 0) is 0 Å². The fourth-order valence-corrected chi connectivity index (χ4v) is 0. The molecule has 0 N–H and O–H groups in total. The maximum Gasteiger partial charge on any atom is 2.00 e.